The van der Waals surface area contributed by atoms with E-state index in [2.05, 4.69) is 0 Å². The van der Waals surface area contributed by atoms with Crippen LogP contribution in [0.4, 0.5) is 0 Å². The summed E-state index contributed by atoms with van der Waals surface area (Å²) in [6.45, 7) is 2.77. The van der Waals surface area contributed by atoms with Gasteiger partial charge in [-0.1, -0.05) is 18.2 Å². The van der Waals surface area contributed by atoms with Crippen molar-refractivity contribution in [2.75, 3.05) is 6.61 Å². The van der Waals surface area contributed by atoms with E-state index in [1.165, 1.54) is 0 Å². The summed E-state index contributed by atoms with van der Waals surface area (Å²) in [6, 6.07) is 19.4. The first-order valence-corrected chi connectivity index (χ1v) is 7.96. The monoisotopic (exact) mass is 338 g/mol. The van der Waals surface area contributed by atoms with Crippen LogP contribution in [-0.2, 0) is 6.61 Å². The van der Waals surface area contributed by atoms with Crippen molar-refractivity contribution in [1.82, 2.24) is 0 Å². The molecule has 0 spiro atoms. The number of carbonyl (C=O) groups is 1. The molecule has 0 unspecified atom stereocenters. The molecule has 0 saturated carbocycles. The Balaban J connectivity index is 1.55. The van der Waals surface area contributed by atoms with Gasteiger partial charge in [-0.15, -0.1) is 0 Å². The van der Waals surface area contributed by atoms with Crippen molar-refractivity contribution < 1.29 is 23.4 Å². The van der Waals surface area contributed by atoms with Crippen LogP contribution in [0.5, 0.6) is 17.2 Å². The van der Waals surface area contributed by atoms with Crippen molar-refractivity contribution in [3.8, 4) is 17.2 Å². The molecular weight excluding hydrogens is 320 g/mol. The average molecular weight is 338 g/mol. The fourth-order valence-corrected chi connectivity index (χ4v) is 2.16. The average Bonchev–Trinajstić information content (AvgIpc) is 3.11. The number of rotatable bonds is 7. The maximum atomic E-state index is 12.0. The topological polar surface area (TPSA) is 57.9 Å². The maximum absolute atomic E-state index is 12.0. The number of hydrogen-bond donors (Lipinski definition) is 0. The zero-order valence-electron chi connectivity index (χ0n) is 13.8. The van der Waals surface area contributed by atoms with E-state index in [0.29, 0.717) is 23.9 Å². The number of hydrogen-bond acceptors (Lipinski definition) is 5. The Kier molecular flexibility index (Phi) is 5.36. The van der Waals surface area contributed by atoms with Gasteiger partial charge in [-0.2, -0.15) is 0 Å². The van der Waals surface area contributed by atoms with Crippen molar-refractivity contribution in [2.24, 2.45) is 0 Å². The minimum absolute atomic E-state index is 0.133. The molecule has 0 amide bonds. The number of furan rings is 1. The van der Waals surface area contributed by atoms with Crippen LogP contribution >= 0.6 is 0 Å². The summed E-state index contributed by atoms with van der Waals surface area (Å²) in [4.78, 5) is 12.0. The van der Waals surface area contributed by atoms with E-state index >= 15 is 0 Å². The van der Waals surface area contributed by atoms with Crippen LogP contribution in [0.1, 0.15) is 23.2 Å². The minimum Gasteiger partial charge on any atom is -0.494 e. The predicted molar refractivity (Wildman–Crippen MR) is 92.1 cm³/mol. The quantitative estimate of drug-likeness (QED) is 0.470. The van der Waals surface area contributed by atoms with E-state index in [1.54, 1.807) is 36.4 Å². The van der Waals surface area contributed by atoms with E-state index < -0.39 is 5.97 Å². The van der Waals surface area contributed by atoms with Gasteiger partial charge in [0.05, 0.1) is 6.61 Å². The van der Waals surface area contributed by atoms with Gasteiger partial charge in [-0.25, -0.2) is 4.79 Å². The molecule has 1 aromatic heterocycles. The second kappa shape index (κ2) is 8.06. The Morgan fingerprint density at radius 1 is 0.840 bits per heavy atom. The van der Waals surface area contributed by atoms with Crippen LogP contribution in [-0.4, -0.2) is 12.6 Å². The number of carbonyl (C=O) groups excluding carboxylic acids is 1. The highest BCUT2D eigenvalue weighted by Gasteiger charge is 2.14. The molecule has 0 saturated heterocycles. The summed E-state index contributed by atoms with van der Waals surface area (Å²) in [5.41, 5.74) is 0. The van der Waals surface area contributed by atoms with Crippen molar-refractivity contribution in [2.45, 2.75) is 13.5 Å². The van der Waals surface area contributed by atoms with E-state index in [0.717, 1.165) is 5.75 Å². The van der Waals surface area contributed by atoms with Crippen molar-refractivity contribution >= 4 is 5.97 Å². The molecule has 0 aliphatic carbocycles. The fraction of sp³-hybridized carbons (Fsp3) is 0.150. The molecule has 5 nitrogen and oxygen atoms in total. The highest BCUT2D eigenvalue weighted by molar-refractivity contribution is 5.88. The molecule has 25 heavy (non-hydrogen) atoms. The summed E-state index contributed by atoms with van der Waals surface area (Å²) >= 11 is 0. The van der Waals surface area contributed by atoms with E-state index in [9.17, 15) is 4.79 Å². The van der Waals surface area contributed by atoms with Gasteiger partial charge in [-0.3, -0.25) is 0 Å². The highest BCUT2D eigenvalue weighted by Crippen LogP contribution is 2.20. The molecule has 3 rings (SSSR count). The van der Waals surface area contributed by atoms with Gasteiger partial charge < -0.3 is 18.6 Å². The Hall–Kier alpha value is -3.21. The third-order valence-corrected chi connectivity index (χ3v) is 3.33. The summed E-state index contributed by atoms with van der Waals surface area (Å²) in [7, 11) is 0. The Bertz CT molecular complexity index is 806. The molecular formula is C20H18O5. The normalized spacial score (nSPS) is 10.3. The minimum atomic E-state index is -0.543. The van der Waals surface area contributed by atoms with Gasteiger partial charge in [-0.05, 0) is 55.5 Å². The number of ether oxygens (including phenoxy) is 3. The molecule has 128 valence electrons. The SMILES string of the molecule is CCOc1ccc(OCc2ccc(C(=O)Oc3ccccc3)o2)cc1. The zero-order chi connectivity index (χ0) is 17.5. The standard InChI is InChI=1S/C20H18O5/c1-2-22-15-8-10-16(11-9-15)23-14-18-12-13-19(24-18)20(21)25-17-6-4-3-5-7-17/h3-13H,2,14H2,1H3. The van der Waals surface area contributed by atoms with Crippen molar-refractivity contribution in [3.05, 3.63) is 78.3 Å². The number of esters is 1. The van der Waals surface area contributed by atoms with Crippen LogP contribution in [0.15, 0.2) is 71.1 Å². The van der Waals surface area contributed by atoms with Crippen LogP contribution in [0, 0.1) is 0 Å². The summed E-state index contributed by atoms with van der Waals surface area (Å²) < 4.78 is 21.7. The van der Waals surface area contributed by atoms with E-state index in [4.69, 9.17) is 18.6 Å². The summed E-state index contributed by atoms with van der Waals surface area (Å²) in [5, 5.41) is 0. The third kappa shape index (κ3) is 4.64. The zero-order valence-corrected chi connectivity index (χ0v) is 13.8. The largest absolute Gasteiger partial charge is 0.494 e. The van der Waals surface area contributed by atoms with Crippen LogP contribution < -0.4 is 14.2 Å². The molecule has 0 radical (unpaired) electrons. The van der Waals surface area contributed by atoms with Gasteiger partial charge in [0.1, 0.15) is 29.6 Å². The van der Waals surface area contributed by atoms with Crippen molar-refractivity contribution in [3.63, 3.8) is 0 Å². The molecule has 3 aromatic rings. The predicted octanol–water partition coefficient (Wildman–Crippen LogP) is 4.48. The van der Waals surface area contributed by atoms with Crippen LogP contribution in [0.3, 0.4) is 0 Å². The van der Waals surface area contributed by atoms with Gasteiger partial charge in [0.15, 0.2) is 0 Å². The Morgan fingerprint density at radius 2 is 1.52 bits per heavy atom. The third-order valence-electron chi connectivity index (χ3n) is 3.33. The summed E-state index contributed by atoms with van der Waals surface area (Å²) in [6.07, 6.45) is 0. The molecule has 1 heterocycles. The Labute approximate surface area is 145 Å². The van der Waals surface area contributed by atoms with E-state index in [1.807, 2.05) is 37.3 Å². The molecule has 5 heteroatoms. The highest BCUT2D eigenvalue weighted by atomic mass is 16.5. The molecule has 0 bridgehead atoms. The van der Waals surface area contributed by atoms with Gasteiger partial charge in [0, 0.05) is 0 Å². The lowest BCUT2D eigenvalue weighted by Crippen LogP contribution is -2.07. The molecule has 0 atom stereocenters. The van der Waals surface area contributed by atoms with Crippen molar-refractivity contribution in [1.29, 1.82) is 0 Å². The number of benzene rings is 2. The van der Waals surface area contributed by atoms with Crippen LogP contribution in [0.25, 0.3) is 0 Å². The van der Waals surface area contributed by atoms with Gasteiger partial charge >= 0.3 is 5.97 Å². The second-order valence-electron chi connectivity index (χ2n) is 5.16. The first-order valence-electron chi connectivity index (χ1n) is 7.96. The smallest absolute Gasteiger partial charge is 0.379 e. The summed E-state index contributed by atoms with van der Waals surface area (Å²) in [5.74, 6) is 2.07. The molecule has 0 N–H and O–H groups in total. The second-order valence-corrected chi connectivity index (χ2v) is 5.16. The molecule has 0 fully saturated rings. The van der Waals surface area contributed by atoms with Crippen LogP contribution in [0.2, 0.25) is 0 Å². The maximum Gasteiger partial charge on any atom is 0.379 e. The molecule has 0 aliphatic heterocycles. The van der Waals surface area contributed by atoms with Gasteiger partial charge in [0.2, 0.25) is 5.76 Å². The lowest BCUT2D eigenvalue weighted by atomic mass is 10.3. The van der Waals surface area contributed by atoms with Gasteiger partial charge in [0.25, 0.3) is 0 Å². The molecule has 2 aromatic carbocycles. The first-order chi connectivity index (χ1) is 12.2. The molecule has 0 aliphatic rings. The first kappa shape index (κ1) is 16.6. The number of para-hydroxylation sites is 1. The Morgan fingerprint density at radius 3 is 2.20 bits per heavy atom. The fourth-order valence-electron chi connectivity index (χ4n) is 2.16. The van der Waals surface area contributed by atoms with E-state index in [-0.39, 0.29) is 12.4 Å². The lowest BCUT2D eigenvalue weighted by Gasteiger charge is -2.06. The lowest BCUT2D eigenvalue weighted by molar-refractivity contribution is 0.0697.